The molecule has 0 aromatic carbocycles. The van der Waals surface area contributed by atoms with Crippen LogP contribution in [0.15, 0.2) is 0 Å². The summed E-state index contributed by atoms with van der Waals surface area (Å²) in [6.45, 7) is 7.47. The van der Waals surface area contributed by atoms with E-state index in [1.54, 1.807) is 7.11 Å². The maximum atomic E-state index is 5.04. The fourth-order valence-electron chi connectivity index (χ4n) is 3.72. The zero-order chi connectivity index (χ0) is 17.3. The van der Waals surface area contributed by atoms with Crippen LogP contribution in [0.4, 0.5) is 0 Å². The predicted octanol–water partition coefficient (Wildman–Crippen LogP) is 4.75. The Balaban J connectivity index is 1.65. The van der Waals surface area contributed by atoms with Gasteiger partial charge >= 0.3 is 0 Å². The van der Waals surface area contributed by atoms with E-state index in [1.165, 1.54) is 108 Å². The molecule has 0 bridgehead atoms. The fourth-order valence-corrected chi connectivity index (χ4v) is 3.72. The van der Waals surface area contributed by atoms with E-state index >= 15 is 0 Å². The standard InChI is InChI=1S/C21H45N2O/c1-23(19-15-20-23)18-13-11-9-7-5-3-4-6-8-10-12-16-22-17-14-21-24-2/h22H,3-21H2,1-2H3/q+1. The molecule has 0 aromatic rings. The molecule has 0 saturated carbocycles. The molecule has 1 heterocycles. The molecule has 3 heteroatoms. The number of nitrogens with zero attached hydrogens (tertiary/aromatic N) is 1. The topological polar surface area (TPSA) is 21.3 Å². The van der Waals surface area contributed by atoms with Gasteiger partial charge in [-0.2, -0.15) is 0 Å². The van der Waals surface area contributed by atoms with Crippen molar-refractivity contribution in [2.45, 2.75) is 83.5 Å². The van der Waals surface area contributed by atoms with Crippen molar-refractivity contribution in [3.05, 3.63) is 0 Å². The van der Waals surface area contributed by atoms with Gasteiger partial charge in [0.05, 0.1) is 26.7 Å². The van der Waals surface area contributed by atoms with Crippen molar-refractivity contribution < 1.29 is 9.22 Å². The van der Waals surface area contributed by atoms with Crippen molar-refractivity contribution in [1.29, 1.82) is 0 Å². The Labute approximate surface area is 152 Å². The minimum Gasteiger partial charge on any atom is -0.385 e. The molecular formula is C21H45N2O+. The maximum Gasteiger partial charge on any atom is 0.0839 e. The first-order valence-corrected chi connectivity index (χ1v) is 10.8. The van der Waals surface area contributed by atoms with Crippen LogP contribution in [-0.4, -0.2) is 58.0 Å². The van der Waals surface area contributed by atoms with Crippen molar-refractivity contribution in [2.75, 3.05) is 53.5 Å². The number of nitrogens with one attached hydrogen (secondary N) is 1. The van der Waals surface area contributed by atoms with Gasteiger partial charge in [0.25, 0.3) is 0 Å². The van der Waals surface area contributed by atoms with Crippen molar-refractivity contribution in [1.82, 2.24) is 5.32 Å². The Hall–Kier alpha value is -0.120. The molecule has 144 valence electrons. The molecule has 0 amide bonds. The molecule has 0 atom stereocenters. The molecule has 1 N–H and O–H groups in total. The van der Waals surface area contributed by atoms with Crippen LogP contribution >= 0.6 is 0 Å². The first kappa shape index (κ1) is 21.9. The SMILES string of the molecule is COCCCNCCCCCCCCCCCCC[N+]1(C)CCC1. The summed E-state index contributed by atoms with van der Waals surface area (Å²) in [6.07, 6.45) is 18.4. The van der Waals surface area contributed by atoms with E-state index in [9.17, 15) is 0 Å². The normalized spacial score (nSPS) is 16.2. The van der Waals surface area contributed by atoms with Gasteiger partial charge in [-0.15, -0.1) is 0 Å². The van der Waals surface area contributed by atoms with Crippen LogP contribution in [0.3, 0.4) is 0 Å². The fraction of sp³-hybridized carbons (Fsp3) is 1.00. The highest BCUT2D eigenvalue weighted by Crippen LogP contribution is 2.18. The van der Waals surface area contributed by atoms with E-state index in [4.69, 9.17) is 4.74 Å². The summed E-state index contributed by atoms with van der Waals surface area (Å²) in [4.78, 5) is 0. The molecule has 24 heavy (non-hydrogen) atoms. The maximum absolute atomic E-state index is 5.04. The van der Waals surface area contributed by atoms with Crippen LogP contribution in [0.1, 0.15) is 83.5 Å². The lowest BCUT2D eigenvalue weighted by atomic mass is 10.0. The van der Waals surface area contributed by atoms with Crippen LogP contribution < -0.4 is 5.32 Å². The number of hydrogen-bond donors (Lipinski definition) is 1. The van der Waals surface area contributed by atoms with E-state index in [0.717, 1.165) is 19.6 Å². The van der Waals surface area contributed by atoms with E-state index in [1.807, 2.05) is 0 Å². The van der Waals surface area contributed by atoms with Gasteiger partial charge in [-0.1, -0.05) is 51.4 Å². The van der Waals surface area contributed by atoms with Crippen LogP contribution in [0.25, 0.3) is 0 Å². The monoisotopic (exact) mass is 341 g/mol. The molecule has 1 rings (SSSR count). The Morgan fingerprint density at radius 2 is 1.21 bits per heavy atom. The summed E-state index contributed by atoms with van der Waals surface area (Å²) >= 11 is 0. The summed E-state index contributed by atoms with van der Waals surface area (Å²) < 4.78 is 6.40. The molecule has 0 radical (unpaired) electrons. The molecule has 0 aromatic heterocycles. The lowest BCUT2D eigenvalue weighted by molar-refractivity contribution is -0.946. The molecule has 0 unspecified atom stereocenters. The first-order chi connectivity index (χ1) is 11.8. The second-order valence-electron chi connectivity index (χ2n) is 8.13. The van der Waals surface area contributed by atoms with Crippen LogP contribution in [-0.2, 0) is 4.74 Å². The van der Waals surface area contributed by atoms with Gasteiger partial charge in [0.1, 0.15) is 0 Å². The van der Waals surface area contributed by atoms with Gasteiger partial charge in [0, 0.05) is 20.1 Å². The third-order valence-corrected chi connectivity index (χ3v) is 5.65. The van der Waals surface area contributed by atoms with Crippen molar-refractivity contribution in [3.63, 3.8) is 0 Å². The Morgan fingerprint density at radius 1 is 0.708 bits per heavy atom. The average molecular weight is 342 g/mol. The van der Waals surface area contributed by atoms with Gasteiger partial charge in [0.2, 0.25) is 0 Å². The Morgan fingerprint density at radius 3 is 1.71 bits per heavy atom. The largest absolute Gasteiger partial charge is 0.385 e. The Kier molecular flexibility index (Phi) is 13.8. The van der Waals surface area contributed by atoms with Crippen molar-refractivity contribution in [2.24, 2.45) is 0 Å². The number of hydrogen-bond acceptors (Lipinski definition) is 2. The Bertz CT molecular complexity index is 267. The van der Waals surface area contributed by atoms with E-state index in [-0.39, 0.29) is 0 Å². The number of methoxy groups -OCH3 is 1. The number of unbranched alkanes of at least 4 members (excludes halogenated alkanes) is 10. The van der Waals surface area contributed by atoms with E-state index in [2.05, 4.69) is 12.4 Å². The third kappa shape index (κ3) is 12.3. The summed E-state index contributed by atoms with van der Waals surface area (Å²) in [5, 5.41) is 3.49. The minimum absolute atomic E-state index is 0.881. The molecule has 1 fully saturated rings. The summed E-state index contributed by atoms with van der Waals surface area (Å²) in [5.74, 6) is 0. The van der Waals surface area contributed by atoms with Gasteiger partial charge in [-0.25, -0.2) is 0 Å². The summed E-state index contributed by atoms with van der Waals surface area (Å²) in [6, 6.07) is 0. The van der Waals surface area contributed by atoms with Crippen LogP contribution in [0.5, 0.6) is 0 Å². The molecule has 3 nitrogen and oxygen atoms in total. The second-order valence-corrected chi connectivity index (χ2v) is 8.13. The zero-order valence-electron chi connectivity index (χ0n) is 16.8. The smallest absolute Gasteiger partial charge is 0.0839 e. The molecular weight excluding hydrogens is 296 g/mol. The minimum atomic E-state index is 0.881. The third-order valence-electron chi connectivity index (χ3n) is 5.65. The molecule has 1 aliphatic rings. The van der Waals surface area contributed by atoms with Crippen molar-refractivity contribution >= 4 is 0 Å². The lowest BCUT2D eigenvalue weighted by Crippen LogP contribution is -2.54. The zero-order valence-corrected chi connectivity index (χ0v) is 16.8. The highest BCUT2D eigenvalue weighted by atomic mass is 16.5. The lowest BCUT2D eigenvalue weighted by Gasteiger charge is -2.42. The van der Waals surface area contributed by atoms with Gasteiger partial charge in [0.15, 0.2) is 0 Å². The highest BCUT2D eigenvalue weighted by molar-refractivity contribution is 4.54. The second kappa shape index (κ2) is 15.2. The average Bonchev–Trinajstić information content (AvgIpc) is 2.56. The van der Waals surface area contributed by atoms with E-state index < -0.39 is 0 Å². The van der Waals surface area contributed by atoms with Crippen LogP contribution in [0, 0.1) is 0 Å². The summed E-state index contributed by atoms with van der Waals surface area (Å²) in [7, 11) is 4.21. The molecule has 1 aliphatic heterocycles. The number of rotatable bonds is 18. The number of ether oxygens (including phenoxy) is 1. The molecule has 0 spiro atoms. The van der Waals surface area contributed by atoms with Crippen LogP contribution in [0.2, 0.25) is 0 Å². The summed E-state index contributed by atoms with van der Waals surface area (Å²) in [5.41, 5.74) is 0. The number of likely N-dealkylation sites (tertiary alicyclic amines) is 1. The predicted molar refractivity (Wildman–Crippen MR) is 106 cm³/mol. The number of quaternary nitrogens is 1. The van der Waals surface area contributed by atoms with Gasteiger partial charge in [-0.05, 0) is 38.8 Å². The van der Waals surface area contributed by atoms with E-state index in [0.29, 0.717) is 0 Å². The van der Waals surface area contributed by atoms with Crippen molar-refractivity contribution in [3.8, 4) is 0 Å². The highest BCUT2D eigenvalue weighted by Gasteiger charge is 2.29. The van der Waals surface area contributed by atoms with Gasteiger partial charge in [-0.3, -0.25) is 0 Å². The first-order valence-electron chi connectivity index (χ1n) is 10.8. The van der Waals surface area contributed by atoms with Gasteiger partial charge < -0.3 is 14.5 Å². The molecule has 1 saturated heterocycles. The molecule has 0 aliphatic carbocycles. The quantitative estimate of drug-likeness (QED) is 0.287.